The smallest absolute Gasteiger partial charge is 0.258 e. The average Bonchev–Trinajstić information content (AvgIpc) is 3.35. The predicted octanol–water partition coefficient (Wildman–Crippen LogP) is 6.77. The normalized spacial score (nSPS) is 12.9. The Morgan fingerprint density at radius 2 is 1.77 bits per heavy atom. The molecule has 2 heterocycles. The van der Waals surface area contributed by atoms with Gasteiger partial charge >= 0.3 is 0 Å². The van der Waals surface area contributed by atoms with Gasteiger partial charge in [0.05, 0.1) is 18.0 Å². The summed E-state index contributed by atoms with van der Waals surface area (Å²) in [6, 6.07) is 24.7. The molecule has 0 unspecified atom stereocenters. The summed E-state index contributed by atoms with van der Waals surface area (Å²) in [6.45, 7) is 1.71. The maximum Gasteiger partial charge on any atom is 0.258 e. The Bertz CT molecular complexity index is 1430. The van der Waals surface area contributed by atoms with Crippen molar-refractivity contribution in [2.24, 2.45) is 5.73 Å². The van der Waals surface area contributed by atoms with E-state index in [9.17, 15) is 9.59 Å². The quantitative estimate of drug-likeness (QED) is 0.230. The van der Waals surface area contributed by atoms with E-state index in [0.29, 0.717) is 42.3 Å². The zero-order chi connectivity index (χ0) is 27.0. The summed E-state index contributed by atoms with van der Waals surface area (Å²) in [7, 11) is 0. The molecule has 2 amide bonds. The number of hydrogen-bond acceptors (Lipinski definition) is 5. The molecule has 4 aromatic rings. The number of nitrogens with one attached hydrogen (secondary N) is 1. The molecule has 0 saturated carbocycles. The van der Waals surface area contributed by atoms with Crippen LogP contribution in [0.3, 0.4) is 0 Å². The van der Waals surface area contributed by atoms with Gasteiger partial charge in [-0.1, -0.05) is 48.5 Å². The number of unbranched alkanes of at least 4 members (excludes halogenated alkanes) is 1. The molecule has 0 saturated heterocycles. The summed E-state index contributed by atoms with van der Waals surface area (Å²) in [5, 5.41) is 5.08. The molecule has 3 aromatic carbocycles. The van der Waals surface area contributed by atoms with Crippen molar-refractivity contribution in [3.63, 3.8) is 0 Å². The SMILES string of the molecule is NCCCCOc1cc(C(=O)N2CCCCc3sccc32)ccc1NC(=O)c1ccccc1-c1ccccc1. The summed E-state index contributed by atoms with van der Waals surface area (Å²) in [6.07, 6.45) is 4.65. The van der Waals surface area contributed by atoms with E-state index in [1.807, 2.05) is 70.9 Å². The lowest BCUT2D eigenvalue weighted by Crippen LogP contribution is -2.31. The van der Waals surface area contributed by atoms with E-state index in [1.54, 1.807) is 29.5 Å². The number of benzene rings is 3. The standard InChI is InChI=1S/C32H33N3O3S/c33-18-7-9-20-38-29-22-24(32(37)35-19-8-6-14-30-28(35)17-21-39-30)15-16-27(29)34-31(36)26-13-5-4-12-25(26)23-10-2-1-3-11-23/h1-5,10-13,15-17,21-22H,6-9,14,18-20,33H2,(H,34,36). The first-order chi connectivity index (χ1) is 19.2. The van der Waals surface area contributed by atoms with E-state index in [-0.39, 0.29) is 11.8 Å². The largest absolute Gasteiger partial charge is 0.491 e. The van der Waals surface area contributed by atoms with Crippen LogP contribution in [0, 0.1) is 0 Å². The molecular formula is C32H33N3O3S. The lowest BCUT2D eigenvalue weighted by atomic mass is 9.99. The molecular weight excluding hydrogens is 506 g/mol. The molecule has 5 rings (SSSR count). The molecule has 1 aliphatic heterocycles. The van der Waals surface area contributed by atoms with Crippen molar-refractivity contribution in [1.29, 1.82) is 0 Å². The van der Waals surface area contributed by atoms with Gasteiger partial charge in [0.25, 0.3) is 11.8 Å². The molecule has 7 heteroatoms. The minimum Gasteiger partial charge on any atom is -0.491 e. The molecule has 1 aromatic heterocycles. The summed E-state index contributed by atoms with van der Waals surface area (Å²) in [5.74, 6) is 0.176. The number of rotatable bonds is 9. The third kappa shape index (κ3) is 6.21. The third-order valence-electron chi connectivity index (χ3n) is 6.88. The summed E-state index contributed by atoms with van der Waals surface area (Å²) < 4.78 is 6.11. The van der Waals surface area contributed by atoms with E-state index in [4.69, 9.17) is 10.5 Å². The lowest BCUT2D eigenvalue weighted by Gasteiger charge is -2.22. The number of carbonyl (C=O) groups is 2. The number of amides is 2. The number of fused-ring (bicyclic) bond motifs is 1. The fraction of sp³-hybridized carbons (Fsp3) is 0.250. The first kappa shape index (κ1) is 26.7. The summed E-state index contributed by atoms with van der Waals surface area (Å²) >= 11 is 1.70. The fourth-order valence-electron chi connectivity index (χ4n) is 4.85. The first-order valence-electron chi connectivity index (χ1n) is 13.5. The van der Waals surface area contributed by atoms with Crippen LogP contribution in [0.1, 0.15) is 51.3 Å². The molecule has 0 atom stereocenters. The Morgan fingerprint density at radius 1 is 0.949 bits per heavy atom. The number of carbonyl (C=O) groups excluding carboxylic acids is 2. The molecule has 0 bridgehead atoms. The summed E-state index contributed by atoms with van der Waals surface area (Å²) in [5.41, 5.74) is 10.1. The van der Waals surface area contributed by atoms with Crippen molar-refractivity contribution in [2.75, 3.05) is 29.9 Å². The molecule has 0 fully saturated rings. The van der Waals surface area contributed by atoms with E-state index in [0.717, 1.165) is 48.9 Å². The van der Waals surface area contributed by atoms with Crippen LogP contribution in [-0.4, -0.2) is 31.5 Å². The van der Waals surface area contributed by atoms with Gasteiger partial charge in [0.2, 0.25) is 0 Å². The van der Waals surface area contributed by atoms with E-state index >= 15 is 0 Å². The van der Waals surface area contributed by atoms with Crippen LogP contribution in [0.5, 0.6) is 5.75 Å². The Hall–Kier alpha value is -3.94. The average molecular weight is 540 g/mol. The van der Waals surface area contributed by atoms with Crippen molar-refractivity contribution in [3.8, 4) is 16.9 Å². The number of nitrogens with zero attached hydrogens (tertiary/aromatic N) is 1. The minimum absolute atomic E-state index is 0.0596. The van der Waals surface area contributed by atoms with Gasteiger partial charge in [-0.2, -0.15) is 0 Å². The van der Waals surface area contributed by atoms with Crippen molar-refractivity contribution >= 4 is 34.5 Å². The highest BCUT2D eigenvalue weighted by Crippen LogP contribution is 2.34. The molecule has 0 radical (unpaired) electrons. The van der Waals surface area contributed by atoms with Gasteiger partial charge in [-0.3, -0.25) is 9.59 Å². The highest BCUT2D eigenvalue weighted by Gasteiger charge is 2.24. The molecule has 1 aliphatic rings. The first-order valence-corrected chi connectivity index (χ1v) is 14.3. The highest BCUT2D eigenvalue weighted by atomic mass is 32.1. The van der Waals surface area contributed by atoms with Crippen molar-refractivity contribution in [1.82, 2.24) is 0 Å². The number of aryl methyl sites for hydroxylation is 1. The van der Waals surface area contributed by atoms with Crippen LogP contribution in [0.2, 0.25) is 0 Å². The maximum absolute atomic E-state index is 13.7. The van der Waals surface area contributed by atoms with Gasteiger partial charge in [-0.05, 0) is 85.5 Å². The number of nitrogens with two attached hydrogens (primary N) is 1. The van der Waals surface area contributed by atoms with Gasteiger partial charge in [-0.25, -0.2) is 0 Å². The number of thiophene rings is 1. The Balaban J connectivity index is 1.43. The van der Waals surface area contributed by atoms with Gasteiger partial charge in [0.15, 0.2) is 0 Å². The van der Waals surface area contributed by atoms with E-state index < -0.39 is 0 Å². The molecule has 6 nitrogen and oxygen atoms in total. The van der Waals surface area contributed by atoms with Crippen LogP contribution < -0.4 is 20.7 Å². The molecule has 39 heavy (non-hydrogen) atoms. The van der Waals surface area contributed by atoms with Gasteiger partial charge in [0.1, 0.15) is 5.75 Å². The van der Waals surface area contributed by atoms with Crippen LogP contribution in [-0.2, 0) is 6.42 Å². The second-order valence-corrected chi connectivity index (χ2v) is 10.6. The van der Waals surface area contributed by atoms with Crippen LogP contribution in [0.25, 0.3) is 11.1 Å². The number of anilines is 2. The Kier molecular flexibility index (Phi) is 8.71. The van der Waals surface area contributed by atoms with Crippen LogP contribution >= 0.6 is 11.3 Å². The van der Waals surface area contributed by atoms with Gasteiger partial charge in [-0.15, -0.1) is 11.3 Å². The third-order valence-corrected chi connectivity index (χ3v) is 7.85. The van der Waals surface area contributed by atoms with Crippen molar-refractivity contribution in [3.05, 3.63) is 100 Å². The fourth-order valence-corrected chi connectivity index (χ4v) is 5.77. The monoisotopic (exact) mass is 539 g/mol. The predicted molar refractivity (Wildman–Crippen MR) is 159 cm³/mol. The molecule has 3 N–H and O–H groups in total. The molecule has 200 valence electrons. The minimum atomic E-state index is -0.240. The second kappa shape index (κ2) is 12.7. The zero-order valence-electron chi connectivity index (χ0n) is 21.9. The Morgan fingerprint density at radius 3 is 2.62 bits per heavy atom. The van der Waals surface area contributed by atoms with Gasteiger partial charge in [0, 0.05) is 22.5 Å². The van der Waals surface area contributed by atoms with Crippen LogP contribution in [0.4, 0.5) is 11.4 Å². The number of ether oxygens (including phenoxy) is 1. The highest BCUT2D eigenvalue weighted by molar-refractivity contribution is 7.10. The van der Waals surface area contributed by atoms with Crippen molar-refractivity contribution in [2.45, 2.75) is 32.1 Å². The Labute approximate surface area is 233 Å². The van der Waals surface area contributed by atoms with E-state index in [2.05, 4.69) is 5.32 Å². The number of hydrogen-bond donors (Lipinski definition) is 2. The second-order valence-electron chi connectivity index (χ2n) is 9.56. The maximum atomic E-state index is 13.7. The van der Waals surface area contributed by atoms with Crippen molar-refractivity contribution < 1.29 is 14.3 Å². The van der Waals surface area contributed by atoms with Gasteiger partial charge < -0.3 is 20.7 Å². The molecule has 0 aliphatic carbocycles. The van der Waals surface area contributed by atoms with E-state index in [1.165, 1.54) is 4.88 Å². The molecule has 0 spiro atoms. The topological polar surface area (TPSA) is 84.7 Å². The summed E-state index contributed by atoms with van der Waals surface area (Å²) in [4.78, 5) is 30.3. The zero-order valence-corrected chi connectivity index (χ0v) is 22.7. The van der Waals surface area contributed by atoms with Crippen LogP contribution in [0.15, 0.2) is 84.2 Å². The lowest BCUT2D eigenvalue weighted by molar-refractivity contribution is 0.0985.